The van der Waals surface area contributed by atoms with Gasteiger partial charge >= 0.3 is 0 Å². The summed E-state index contributed by atoms with van der Waals surface area (Å²) in [5, 5.41) is 3.31. The molecule has 0 saturated heterocycles. The topological polar surface area (TPSA) is 58.4 Å². The van der Waals surface area contributed by atoms with Crippen LogP contribution in [0.2, 0.25) is 0 Å². The Bertz CT molecular complexity index is 281. The number of carbonyl (C=O) groups excluding carboxylic acids is 1. The number of nitrogens with one attached hydrogen (secondary N) is 1. The van der Waals surface area contributed by atoms with Crippen molar-refractivity contribution in [3.63, 3.8) is 0 Å². The van der Waals surface area contributed by atoms with Gasteiger partial charge in [-0.1, -0.05) is 20.3 Å². The molecule has 0 radical (unpaired) electrons. The minimum atomic E-state index is -0.642. The van der Waals surface area contributed by atoms with Crippen LogP contribution in [0.15, 0.2) is 0 Å². The Hall–Kier alpha value is -0.610. The molecule has 0 aliphatic carbocycles. The van der Waals surface area contributed by atoms with Crippen molar-refractivity contribution in [3.8, 4) is 0 Å². The molecule has 0 aliphatic rings. The first kappa shape index (κ1) is 18.4. The molecule has 0 aliphatic heterocycles. The van der Waals surface area contributed by atoms with Gasteiger partial charge in [-0.25, -0.2) is 0 Å². The molecular formula is C15H33N3O. The Balaban J connectivity index is 4.63. The molecule has 0 aromatic rings. The zero-order chi connectivity index (χ0) is 15.2. The normalized spacial score (nSPS) is 18.4. The van der Waals surface area contributed by atoms with E-state index in [0.29, 0.717) is 12.0 Å². The smallest absolute Gasteiger partial charge is 0.237 e. The molecule has 3 unspecified atom stereocenters. The highest BCUT2D eigenvalue weighted by molar-refractivity contribution is 5.84. The second-order valence-corrected chi connectivity index (χ2v) is 6.50. The third-order valence-corrected chi connectivity index (χ3v) is 3.90. The lowest BCUT2D eigenvalue weighted by molar-refractivity contribution is -0.124. The molecule has 0 rings (SSSR count). The first-order chi connectivity index (χ1) is 8.62. The summed E-state index contributed by atoms with van der Waals surface area (Å²) >= 11 is 0. The summed E-state index contributed by atoms with van der Waals surface area (Å²) in [5.41, 5.74) is 4.93. The van der Waals surface area contributed by atoms with Gasteiger partial charge in [0.2, 0.25) is 5.91 Å². The summed E-state index contributed by atoms with van der Waals surface area (Å²) < 4.78 is 0. The van der Waals surface area contributed by atoms with Crippen LogP contribution >= 0.6 is 0 Å². The molecule has 114 valence electrons. The quantitative estimate of drug-likeness (QED) is 0.674. The molecule has 0 fully saturated rings. The number of hydrogen-bond acceptors (Lipinski definition) is 3. The number of rotatable bonds is 9. The number of primary amides is 1. The summed E-state index contributed by atoms with van der Waals surface area (Å²) in [5.74, 6) is 0.398. The van der Waals surface area contributed by atoms with Crippen molar-refractivity contribution in [1.82, 2.24) is 10.2 Å². The van der Waals surface area contributed by atoms with Gasteiger partial charge in [0, 0.05) is 18.6 Å². The van der Waals surface area contributed by atoms with Crippen LogP contribution in [0.1, 0.15) is 54.4 Å². The fourth-order valence-electron chi connectivity index (χ4n) is 2.42. The third-order valence-electron chi connectivity index (χ3n) is 3.90. The molecular weight excluding hydrogens is 238 g/mol. The number of nitrogens with zero attached hydrogens (tertiary/aromatic N) is 1. The van der Waals surface area contributed by atoms with E-state index in [4.69, 9.17) is 5.73 Å². The fourth-order valence-corrected chi connectivity index (χ4v) is 2.42. The van der Waals surface area contributed by atoms with E-state index in [1.807, 2.05) is 20.8 Å². The monoisotopic (exact) mass is 271 g/mol. The van der Waals surface area contributed by atoms with E-state index in [0.717, 1.165) is 13.0 Å². The Morgan fingerprint density at radius 2 is 1.84 bits per heavy atom. The van der Waals surface area contributed by atoms with Crippen molar-refractivity contribution in [2.45, 2.75) is 72.0 Å². The average molecular weight is 271 g/mol. The van der Waals surface area contributed by atoms with Crippen molar-refractivity contribution in [3.05, 3.63) is 0 Å². The maximum Gasteiger partial charge on any atom is 0.237 e. The summed E-state index contributed by atoms with van der Waals surface area (Å²) in [6.07, 6.45) is 1.90. The Morgan fingerprint density at radius 1 is 1.32 bits per heavy atom. The second kappa shape index (κ2) is 7.85. The van der Waals surface area contributed by atoms with Crippen molar-refractivity contribution >= 4 is 5.91 Å². The summed E-state index contributed by atoms with van der Waals surface area (Å²) in [6.45, 7) is 13.6. The minimum Gasteiger partial charge on any atom is -0.368 e. The molecule has 3 atom stereocenters. The van der Waals surface area contributed by atoms with E-state index in [2.05, 4.69) is 38.0 Å². The van der Waals surface area contributed by atoms with Crippen LogP contribution < -0.4 is 11.1 Å². The first-order valence-electron chi connectivity index (χ1n) is 7.40. The van der Waals surface area contributed by atoms with Crippen LogP contribution in [0.5, 0.6) is 0 Å². The van der Waals surface area contributed by atoms with Crippen LogP contribution in [0, 0.1) is 5.92 Å². The van der Waals surface area contributed by atoms with Crippen molar-refractivity contribution in [2.24, 2.45) is 11.7 Å². The van der Waals surface area contributed by atoms with Gasteiger partial charge in [0.1, 0.15) is 0 Å². The van der Waals surface area contributed by atoms with Crippen molar-refractivity contribution in [1.29, 1.82) is 0 Å². The van der Waals surface area contributed by atoms with E-state index < -0.39 is 5.54 Å². The van der Waals surface area contributed by atoms with Gasteiger partial charge in [-0.05, 0) is 47.1 Å². The van der Waals surface area contributed by atoms with E-state index in [-0.39, 0.29) is 11.9 Å². The Labute approximate surface area is 119 Å². The van der Waals surface area contributed by atoms with Crippen LogP contribution in [0.3, 0.4) is 0 Å². The number of hydrogen-bond donors (Lipinski definition) is 2. The number of nitrogens with two attached hydrogens (primary N) is 1. The zero-order valence-electron chi connectivity index (χ0n) is 13.8. The van der Waals surface area contributed by atoms with Crippen molar-refractivity contribution in [2.75, 3.05) is 13.6 Å². The maximum atomic E-state index is 11.7. The highest BCUT2D eigenvalue weighted by Gasteiger charge is 2.34. The molecule has 19 heavy (non-hydrogen) atoms. The molecule has 0 heterocycles. The fraction of sp³-hybridized carbons (Fsp3) is 0.933. The summed E-state index contributed by atoms with van der Waals surface area (Å²) in [7, 11) is 2.12. The van der Waals surface area contributed by atoms with Crippen LogP contribution in [-0.4, -0.2) is 42.0 Å². The number of carbonyl (C=O) groups is 1. The number of amides is 1. The largest absolute Gasteiger partial charge is 0.368 e. The highest BCUT2D eigenvalue weighted by Crippen LogP contribution is 2.17. The molecule has 4 heteroatoms. The van der Waals surface area contributed by atoms with Gasteiger partial charge in [0.05, 0.1) is 5.54 Å². The molecule has 0 aromatic carbocycles. The SMILES string of the molecule is CCC(C)CN(C)C(C)CC(C)(NC(C)C)C(N)=O. The zero-order valence-corrected chi connectivity index (χ0v) is 13.8. The van der Waals surface area contributed by atoms with Crippen LogP contribution in [0.25, 0.3) is 0 Å². The minimum absolute atomic E-state index is 0.240. The molecule has 0 spiro atoms. The van der Waals surface area contributed by atoms with Gasteiger partial charge in [-0.2, -0.15) is 0 Å². The van der Waals surface area contributed by atoms with E-state index in [1.54, 1.807) is 0 Å². The van der Waals surface area contributed by atoms with E-state index in [1.165, 1.54) is 6.42 Å². The maximum absolute atomic E-state index is 11.7. The average Bonchev–Trinajstić information content (AvgIpc) is 2.27. The third kappa shape index (κ3) is 6.39. The standard InChI is InChI=1S/C15H33N3O/c1-8-12(4)10-18(7)13(5)9-15(6,14(16)19)17-11(2)3/h11-13,17H,8-10H2,1-7H3,(H2,16,19). The molecule has 0 bridgehead atoms. The van der Waals surface area contributed by atoms with Gasteiger partial charge in [-0.15, -0.1) is 0 Å². The van der Waals surface area contributed by atoms with Crippen LogP contribution in [-0.2, 0) is 4.79 Å². The summed E-state index contributed by atoms with van der Waals surface area (Å²) in [6, 6.07) is 0.558. The van der Waals surface area contributed by atoms with Gasteiger partial charge < -0.3 is 16.0 Å². The predicted octanol–water partition coefficient (Wildman–Crippen LogP) is 1.98. The first-order valence-corrected chi connectivity index (χ1v) is 7.40. The Kier molecular flexibility index (Phi) is 7.60. The molecule has 3 N–H and O–H groups in total. The van der Waals surface area contributed by atoms with Gasteiger partial charge in [0.15, 0.2) is 0 Å². The van der Waals surface area contributed by atoms with E-state index >= 15 is 0 Å². The Morgan fingerprint density at radius 3 is 2.21 bits per heavy atom. The lowest BCUT2D eigenvalue weighted by Gasteiger charge is -2.36. The summed E-state index contributed by atoms with van der Waals surface area (Å²) in [4.78, 5) is 14.1. The molecule has 4 nitrogen and oxygen atoms in total. The van der Waals surface area contributed by atoms with Gasteiger partial charge in [0.25, 0.3) is 0 Å². The molecule has 0 aromatic heterocycles. The second-order valence-electron chi connectivity index (χ2n) is 6.50. The predicted molar refractivity (Wildman–Crippen MR) is 82.0 cm³/mol. The van der Waals surface area contributed by atoms with Gasteiger partial charge in [-0.3, -0.25) is 4.79 Å². The van der Waals surface area contributed by atoms with Crippen LogP contribution in [0.4, 0.5) is 0 Å². The molecule has 0 saturated carbocycles. The lowest BCUT2D eigenvalue weighted by atomic mass is 9.91. The molecule has 1 amide bonds. The highest BCUT2D eigenvalue weighted by atomic mass is 16.1. The van der Waals surface area contributed by atoms with Crippen molar-refractivity contribution < 1.29 is 4.79 Å². The lowest BCUT2D eigenvalue weighted by Crippen LogP contribution is -2.58. The van der Waals surface area contributed by atoms with E-state index in [9.17, 15) is 4.79 Å².